The minimum Gasteiger partial charge on any atom is -0.496 e. The molecule has 0 aromatic heterocycles. The predicted molar refractivity (Wildman–Crippen MR) is 85.3 cm³/mol. The average molecular weight is 275 g/mol. The van der Waals surface area contributed by atoms with Crippen molar-refractivity contribution in [1.29, 1.82) is 0 Å². The third-order valence-corrected chi connectivity index (χ3v) is 4.85. The minimum atomic E-state index is 0.384. The van der Waals surface area contributed by atoms with Gasteiger partial charge in [-0.1, -0.05) is 45.2 Å². The van der Waals surface area contributed by atoms with Crippen molar-refractivity contribution in [3.05, 3.63) is 29.3 Å². The molecular formula is C18H29NO. The molecule has 2 heteroatoms. The van der Waals surface area contributed by atoms with Crippen molar-refractivity contribution in [2.24, 2.45) is 5.41 Å². The van der Waals surface area contributed by atoms with Crippen molar-refractivity contribution in [2.45, 2.75) is 58.9 Å². The number of benzene rings is 1. The van der Waals surface area contributed by atoms with E-state index in [1.165, 1.54) is 43.2 Å². The third kappa shape index (κ3) is 3.17. The molecule has 0 saturated heterocycles. The second-order valence-corrected chi connectivity index (χ2v) is 6.43. The first-order chi connectivity index (χ1) is 9.60. The first kappa shape index (κ1) is 15.4. The lowest BCUT2D eigenvalue weighted by Gasteiger charge is -2.41. The molecule has 1 aliphatic carbocycles. The molecule has 1 unspecified atom stereocenters. The van der Waals surface area contributed by atoms with Gasteiger partial charge in [-0.3, -0.25) is 0 Å². The van der Waals surface area contributed by atoms with E-state index in [4.69, 9.17) is 4.74 Å². The van der Waals surface area contributed by atoms with Crippen LogP contribution in [0.2, 0.25) is 0 Å². The minimum absolute atomic E-state index is 0.384. The molecule has 0 spiro atoms. The number of hydrogen-bond donors (Lipinski definition) is 1. The fourth-order valence-electron chi connectivity index (χ4n) is 3.70. The molecule has 1 aromatic rings. The van der Waals surface area contributed by atoms with Crippen molar-refractivity contribution >= 4 is 0 Å². The molecule has 1 saturated carbocycles. The highest BCUT2D eigenvalue weighted by molar-refractivity contribution is 5.38. The first-order valence-electron chi connectivity index (χ1n) is 7.98. The summed E-state index contributed by atoms with van der Waals surface area (Å²) in [5.41, 5.74) is 3.02. The Labute approximate surface area is 123 Å². The molecule has 1 aromatic carbocycles. The van der Waals surface area contributed by atoms with E-state index in [9.17, 15) is 0 Å². The molecule has 0 amide bonds. The molecule has 0 bridgehead atoms. The van der Waals surface area contributed by atoms with Gasteiger partial charge >= 0.3 is 0 Å². The Hall–Kier alpha value is -1.02. The highest BCUT2D eigenvalue weighted by atomic mass is 16.5. The van der Waals surface area contributed by atoms with Crippen LogP contribution in [0.5, 0.6) is 5.75 Å². The highest BCUT2D eigenvalue weighted by Gasteiger charge is 2.35. The molecule has 2 nitrogen and oxygen atoms in total. The van der Waals surface area contributed by atoms with Crippen LogP contribution in [-0.4, -0.2) is 13.7 Å². The topological polar surface area (TPSA) is 21.3 Å². The predicted octanol–water partition coefficient (Wildman–Crippen LogP) is 4.62. The van der Waals surface area contributed by atoms with Crippen LogP contribution < -0.4 is 10.1 Å². The molecule has 1 fully saturated rings. The summed E-state index contributed by atoms with van der Waals surface area (Å²) in [6.45, 7) is 7.81. The van der Waals surface area contributed by atoms with Crippen molar-refractivity contribution < 1.29 is 4.74 Å². The highest BCUT2D eigenvalue weighted by Crippen LogP contribution is 2.46. The second kappa shape index (κ2) is 6.62. The Balaban J connectivity index is 2.30. The van der Waals surface area contributed by atoms with Gasteiger partial charge in [0.05, 0.1) is 7.11 Å². The van der Waals surface area contributed by atoms with Crippen molar-refractivity contribution in [3.63, 3.8) is 0 Å². The monoisotopic (exact) mass is 275 g/mol. The fourth-order valence-corrected chi connectivity index (χ4v) is 3.70. The van der Waals surface area contributed by atoms with Crippen LogP contribution in [0.1, 0.15) is 63.1 Å². The quantitative estimate of drug-likeness (QED) is 0.846. The van der Waals surface area contributed by atoms with E-state index in [2.05, 4.69) is 44.3 Å². The molecular weight excluding hydrogens is 246 g/mol. The molecule has 20 heavy (non-hydrogen) atoms. The molecule has 1 aliphatic rings. The van der Waals surface area contributed by atoms with Crippen LogP contribution in [0, 0.1) is 12.3 Å². The van der Waals surface area contributed by atoms with Crippen LogP contribution in [0.4, 0.5) is 0 Å². The van der Waals surface area contributed by atoms with Gasteiger partial charge in [0, 0.05) is 6.04 Å². The largest absolute Gasteiger partial charge is 0.496 e. The zero-order valence-electron chi connectivity index (χ0n) is 13.5. The van der Waals surface area contributed by atoms with Crippen molar-refractivity contribution in [1.82, 2.24) is 5.32 Å². The summed E-state index contributed by atoms with van der Waals surface area (Å²) in [7, 11) is 1.74. The van der Waals surface area contributed by atoms with E-state index >= 15 is 0 Å². The third-order valence-electron chi connectivity index (χ3n) is 4.85. The van der Waals surface area contributed by atoms with E-state index in [-0.39, 0.29) is 0 Å². The average Bonchev–Trinajstić information content (AvgIpc) is 2.45. The maximum absolute atomic E-state index is 5.39. The Morgan fingerprint density at radius 2 is 1.95 bits per heavy atom. The van der Waals surface area contributed by atoms with Gasteiger partial charge in [-0.05, 0) is 48.9 Å². The molecule has 0 heterocycles. The van der Waals surface area contributed by atoms with Gasteiger partial charge in [0.15, 0.2) is 0 Å². The Bertz CT molecular complexity index is 435. The Morgan fingerprint density at radius 3 is 2.50 bits per heavy atom. The van der Waals surface area contributed by atoms with Crippen LogP contribution in [0.25, 0.3) is 0 Å². The van der Waals surface area contributed by atoms with E-state index < -0.39 is 0 Å². The van der Waals surface area contributed by atoms with E-state index in [1.807, 2.05) is 0 Å². The Morgan fingerprint density at radius 1 is 1.25 bits per heavy atom. The number of hydrogen-bond acceptors (Lipinski definition) is 2. The van der Waals surface area contributed by atoms with Gasteiger partial charge in [0.1, 0.15) is 5.75 Å². The van der Waals surface area contributed by atoms with Crippen LogP contribution in [0.3, 0.4) is 0 Å². The zero-order valence-corrected chi connectivity index (χ0v) is 13.5. The van der Waals surface area contributed by atoms with E-state index in [0.29, 0.717) is 11.5 Å². The maximum atomic E-state index is 5.39. The lowest BCUT2D eigenvalue weighted by molar-refractivity contribution is 0.146. The lowest BCUT2D eigenvalue weighted by Crippen LogP contribution is -2.37. The molecule has 1 N–H and O–H groups in total. The molecule has 2 rings (SSSR count). The molecule has 1 atom stereocenters. The molecule has 0 aliphatic heterocycles. The molecule has 0 radical (unpaired) electrons. The summed E-state index contributed by atoms with van der Waals surface area (Å²) in [5.74, 6) is 0.984. The number of ether oxygens (including phenoxy) is 1. The standard InChI is InChI=1S/C18H29NO/c1-5-19-17(18(3)11-7-6-8-12-18)15-9-10-16(20-4)14(2)13-15/h9-10,13,17,19H,5-8,11-12H2,1-4H3. The van der Waals surface area contributed by atoms with Gasteiger partial charge in [-0.25, -0.2) is 0 Å². The van der Waals surface area contributed by atoms with Crippen LogP contribution in [-0.2, 0) is 0 Å². The van der Waals surface area contributed by atoms with Gasteiger partial charge < -0.3 is 10.1 Å². The summed E-state index contributed by atoms with van der Waals surface area (Å²) < 4.78 is 5.39. The fraction of sp³-hybridized carbons (Fsp3) is 0.667. The van der Waals surface area contributed by atoms with Crippen LogP contribution >= 0.6 is 0 Å². The number of nitrogens with one attached hydrogen (secondary N) is 1. The van der Waals surface area contributed by atoms with E-state index in [1.54, 1.807) is 7.11 Å². The SMILES string of the molecule is CCNC(c1ccc(OC)c(C)c1)C1(C)CCCCC1. The normalized spacial score (nSPS) is 19.6. The molecule has 112 valence electrons. The zero-order chi connectivity index (χ0) is 14.6. The first-order valence-corrected chi connectivity index (χ1v) is 7.98. The van der Waals surface area contributed by atoms with Crippen molar-refractivity contribution in [3.8, 4) is 5.75 Å². The number of methoxy groups -OCH3 is 1. The maximum Gasteiger partial charge on any atom is 0.121 e. The summed E-state index contributed by atoms with van der Waals surface area (Å²) >= 11 is 0. The smallest absolute Gasteiger partial charge is 0.121 e. The van der Waals surface area contributed by atoms with Crippen molar-refractivity contribution in [2.75, 3.05) is 13.7 Å². The summed E-state index contributed by atoms with van der Waals surface area (Å²) in [5, 5.41) is 3.73. The lowest BCUT2D eigenvalue weighted by atomic mass is 9.68. The second-order valence-electron chi connectivity index (χ2n) is 6.43. The Kier molecular flexibility index (Phi) is 5.09. The van der Waals surface area contributed by atoms with Gasteiger partial charge in [-0.2, -0.15) is 0 Å². The number of aryl methyl sites for hydroxylation is 1. The number of rotatable bonds is 5. The van der Waals surface area contributed by atoms with Crippen LogP contribution in [0.15, 0.2) is 18.2 Å². The van der Waals surface area contributed by atoms with Gasteiger partial charge in [-0.15, -0.1) is 0 Å². The summed E-state index contributed by atoms with van der Waals surface area (Å²) in [6.07, 6.45) is 6.79. The summed E-state index contributed by atoms with van der Waals surface area (Å²) in [4.78, 5) is 0. The van der Waals surface area contributed by atoms with E-state index in [0.717, 1.165) is 12.3 Å². The van der Waals surface area contributed by atoms with Gasteiger partial charge in [0.25, 0.3) is 0 Å². The summed E-state index contributed by atoms with van der Waals surface area (Å²) in [6, 6.07) is 7.10. The van der Waals surface area contributed by atoms with Gasteiger partial charge in [0.2, 0.25) is 0 Å².